The van der Waals surface area contributed by atoms with E-state index in [9.17, 15) is 0 Å². The molecule has 3 N–H and O–H groups in total. The second kappa shape index (κ2) is 5.38. The molecule has 1 unspecified atom stereocenters. The Hall–Kier alpha value is -1.58. The average molecular weight is 262 g/mol. The molecular formula is C14H16ClN3. The van der Waals surface area contributed by atoms with Crippen LogP contribution >= 0.6 is 11.6 Å². The largest absolute Gasteiger partial charge is 0.383 e. The summed E-state index contributed by atoms with van der Waals surface area (Å²) in [5, 5.41) is 3.98. The number of aryl methyl sites for hydroxylation is 1. The minimum Gasteiger partial charge on any atom is -0.383 e. The Morgan fingerprint density at radius 3 is 2.56 bits per heavy atom. The minimum atomic E-state index is 0.0228. The first-order valence-corrected chi connectivity index (χ1v) is 6.14. The van der Waals surface area contributed by atoms with Gasteiger partial charge in [0.1, 0.15) is 5.82 Å². The van der Waals surface area contributed by atoms with Crippen molar-refractivity contribution in [2.24, 2.45) is 0 Å². The lowest BCUT2D eigenvalue weighted by molar-refractivity contribution is 0.690. The van der Waals surface area contributed by atoms with Crippen molar-refractivity contribution in [2.75, 3.05) is 12.8 Å². The van der Waals surface area contributed by atoms with Crippen molar-refractivity contribution in [3.8, 4) is 0 Å². The SMILES string of the molecule is CNC(c1ccc(Cl)cc1)c1cc(C)cnc1N. The molecule has 0 bridgehead atoms. The lowest BCUT2D eigenvalue weighted by Gasteiger charge is -2.19. The molecule has 0 aliphatic heterocycles. The van der Waals surface area contributed by atoms with E-state index in [1.54, 1.807) is 6.20 Å². The van der Waals surface area contributed by atoms with E-state index < -0.39 is 0 Å². The Labute approximate surface area is 112 Å². The van der Waals surface area contributed by atoms with E-state index in [2.05, 4.69) is 16.4 Å². The van der Waals surface area contributed by atoms with Crippen molar-refractivity contribution in [3.05, 3.63) is 58.2 Å². The molecule has 2 aromatic rings. The van der Waals surface area contributed by atoms with E-state index in [1.807, 2.05) is 38.2 Å². The predicted molar refractivity (Wildman–Crippen MR) is 75.7 cm³/mol. The molecule has 0 saturated heterocycles. The van der Waals surface area contributed by atoms with E-state index in [0.29, 0.717) is 5.82 Å². The summed E-state index contributed by atoms with van der Waals surface area (Å²) < 4.78 is 0. The summed E-state index contributed by atoms with van der Waals surface area (Å²) in [5.74, 6) is 0.551. The summed E-state index contributed by atoms with van der Waals surface area (Å²) in [5.41, 5.74) is 9.15. The molecule has 0 radical (unpaired) electrons. The molecule has 4 heteroatoms. The molecule has 0 aliphatic rings. The Morgan fingerprint density at radius 2 is 1.94 bits per heavy atom. The number of pyridine rings is 1. The summed E-state index contributed by atoms with van der Waals surface area (Å²) in [6, 6.07) is 9.81. The highest BCUT2D eigenvalue weighted by atomic mass is 35.5. The van der Waals surface area contributed by atoms with Crippen molar-refractivity contribution in [1.82, 2.24) is 10.3 Å². The summed E-state index contributed by atoms with van der Waals surface area (Å²) in [7, 11) is 1.90. The molecule has 0 spiro atoms. The third kappa shape index (κ3) is 2.63. The third-order valence-electron chi connectivity index (χ3n) is 2.89. The van der Waals surface area contributed by atoms with Gasteiger partial charge in [0.25, 0.3) is 0 Å². The van der Waals surface area contributed by atoms with Crippen LogP contribution in [0, 0.1) is 6.92 Å². The summed E-state index contributed by atoms with van der Waals surface area (Å²) in [6.07, 6.45) is 1.77. The number of anilines is 1. The number of aromatic nitrogens is 1. The molecule has 94 valence electrons. The summed E-state index contributed by atoms with van der Waals surface area (Å²) in [4.78, 5) is 4.20. The van der Waals surface area contributed by atoms with Crippen LogP contribution in [0.15, 0.2) is 36.5 Å². The van der Waals surface area contributed by atoms with Crippen molar-refractivity contribution in [2.45, 2.75) is 13.0 Å². The maximum absolute atomic E-state index is 5.96. The number of nitrogens with one attached hydrogen (secondary N) is 1. The molecule has 2 rings (SSSR count). The second-order valence-corrected chi connectivity index (χ2v) is 4.70. The average Bonchev–Trinajstić information content (AvgIpc) is 2.37. The number of hydrogen-bond donors (Lipinski definition) is 2. The standard InChI is InChI=1S/C14H16ClN3/c1-9-7-12(14(16)18-8-9)13(17-2)10-3-5-11(15)6-4-10/h3-8,13,17H,1-2H3,(H2,16,18). The normalized spacial score (nSPS) is 12.4. The molecule has 1 atom stereocenters. The molecular weight excluding hydrogens is 246 g/mol. The lowest BCUT2D eigenvalue weighted by atomic mass is 9.98. The highest BCUT2D eigenvalue weighted by molar-refractivity contribution is 6.30. The molecule has 18 heavy (non-hydrogen) atoms. The quantitative estimate of drug-likeness (QED) is 0.893. The van der Waals surface area contributed by atoms with Crippen molar-refractivity contribution in [3.63, 3.8) is 0 Å². The van der Waals surface area contributed by atoms with Gasteiger partial charge in [0, 0.05) is 16.8 Å². The number of nitrogen functional groups attached to an aromatic ring is 1. The zero-order valence-corrected chi connectivity index (χ0v) is 11.2. The number of hydrogen-bond acceptors (Lipinski definition) is 3. The zero-order valence-electron chi connectivity index (χ0n) is 10.4. The van der Waals surface area contributed by atoms with E-state index in [-0.39, 0.29) is 6.04 Å². The second-order valence-electron chi connectivity index (χ2n) is 4.26. The fourth-order valence-electron chi connectivity index (χ4n) is 1.99. The number of benzene rings is 1. The molecule has 3 nitrogen and oxygen atoms in total. The Morgan fingerprint density at radius 1 is 1.28 bits per heavy atom. The molecule has 1 aromatic carbocycles. The van der Waals surface area contributed by atoms with Crippen LogP contribution in [0.5, 0.6) is 0 Å². The first kappa shape index (κ1) is 12.9. The fourth-order valence-corrected chi connectivity index (χ4v) is 2.12. The third-order valence-corrected chi connectivity index (χ3v) is 3.14. The van der Waals surface area contributed by atoms with E-state index >= 15 is 0 Å². The van der Waals surface area contributed by atoms with Crippen LogP contribution in [-0.2, 0) is 0 Å². The van der Waals surface area contributed by atoms with Gasteiger partial charge in [0.15, 0.2) is 0 Å². The maximum Gasteiger partial charge on any atom is 0.128 e. The monoisotopic (exact) mass is 261 g/mol. The number of rotatable bonds is 3. The van der Waals surface area contributed by atoms with Gasteiger partial charge in [-0.2, -0.15) is 0 Å². The highest BCUT2D eigenvalue weighted by Crippen LogP contribution is 2.26. The van der Waals surface area contributed by atoms with Gasteiger partial charge in [-0.05, 0) is 43.3 Å². The van der Waals surface area contributed by atoms with Crippen LogP contribution in [0.3, 0.4) is 0 Å². The van der Waals surface area contributed by atoms with Gasteiger partial charge in [-0.1, -0.05) is 23.7 Å². The molecule has 0 aliphatic carbocycles. The topological polar surface area (TPSA) is 50.9 Å². The smallest absolute Gasteiger partial charge is 0.128 e. The molecule has 1 heterocycles. The van der Waals surface area contributed by atoms with Gasteiger partial charge in [0.2, 0.25) is 0 Å². The van der Waals surface area contributed by atoms with Crippen LogP contribution in [0.1, 0.15) is 22.7 Å². The van der Waals surface area contributed by atoms with Crippen LogP contribution in [0.25, 0.3) is 0 Å². The molecule has 0 fully saturated rings. The minimum absolute atomic E-state index is 0.0228. The van der Waals surface area contributed by atoms with Crippen LogP contribution < -0.4 is 11.1 Å². The van der Waals surface area contributed by atoms with Crippen molar-refractivity contribution in [1.29, 1.82) is 0 Å². The summed E-state index contributed by atoms with van der Waals surface area (Å²) >= 11 is 5.90. The highest BCUT2D eigenvalue weighted by Gasteiger charge is 2.15. The molecule has 0 saturated carbocycles. The van der Waals surface area contributed by atoms with Gasteiger partial charge in [0.05, 0.1) is 6.04 Å². The summed E-state index contributed by atoms with van der Waals surface area (Å²) in [6.45, 7) is 2.00. The first-order valence-electron chi connectivity index (χ1n) is 5.76. The molecule has 1 aromatic heterocycles. The van der Waals surface area contributed by atoms with E-state index in [1.165, 1.54) is 0 Å². The van der Waals surface area contributed by atoms with Gasteiger partial charge < -0.3 is 11.1 Å². The maximum atomic E-state index is 5.96. The lowest BCUT2D eigenvalue weighted by Crippen LogP contribution is -2.19. The van der Waals surface area contributed by atoms with Crippen molar-refractivity contribution >= 4 is 17.4 Å². The Bertz CT molecular complexity index is 537. The Balaban J connectivity index is 2.44. The number of nitrogens with two attached hydrogens (primary N) is 1. The fraction of sp³-hybridized carbons (Fsp3) is 0.214. The number of halogens is 1. The van der Waals surface area contributed by atoms with Crippen molar-refractivity contribution < 1.29 is 0 Å². The molecule has 0 amide bonds. The van der Waals surface area contributed by atoms with E-state index in [0.717, 1.165) is 21.7 Å². The number of nitrogens with zero attached hydrogens (tertiary/aromatic N) is 1. The first-order chi connectivity index (χ1) is 8.61. The van der Waals surface area contributed by atoms with Gasteiger partial charge in [-0.3, -0.25) is 0 Å². The Kier molecular flexibility index (Phi) is 3.84. The van der Waals surface area contributed by atoms with Crippen LogP contribution in [0.4, 0.5) is 5.82 Å². The predicted octanol–water partition coefficient (Wildman–Crippen LogP) is 2.93. The van der Waals surface area contributed by atoms with Gasteiger partial charge in [-0.15, -0.1) is 0 Å². The van der Waals surface area contributed by atoms with Gasteiger partial charge >= 0.3 is 0 Å². The van der Waals surface area contributed by atoms with E-state index in [4.69, 9.17) is 17.3 Å². The van der Waals surface area contributed by atoms with Crippen LogP contribution in [0.2, 0.25) is 5.02 Å². The zero-order chi connectivity index (χ0) is 13.1. The van der Waals surface area contributed by atoms with Crippen LogP contribution in [-0.4, -0.2) is 12.0 Å². The van der Waals surface area contributed by atoms with Gasteiger partial charge in [-0.25, -0.2) is 4.98 Å².